The van der Waals surface area contributed by atoms with Crippen molar-refractivity contribution in [3.63, 3.8) is 0 Å². The van der Waals surface area contributed by atoms with E-state index in [-0.39, 0.29) is 6.42 Å². The second kappa shape index (κ2) is 5.85. The Balaban J connectivity index is 2.01. The van der Waals surface area contributed by atoms with Gasteiger partial charge in [-0.1, -0.05) is 53.7 Å². The Hall–Kier alpha value is -2.66. The molecule has 1 amide bonds. The van der Waals surface area contributed by atoms with Gasteiger partial charge in [-0.25, -0.2) is 0 Å². The van der Waals surface area contributed by atoms with E-state index < -0.39 is 11.5 Å². The molecule has 0 spiro atoms. The highest BCUT2D eigenvalue weighted by Crippen LogP contribution is 2.43. The summed E-state index contributed by atoms with van der Waals surface area (Å²) in [5.41, 5.74) is 0.824. The van der Waals surface area contributed by atoms with Crippen molar-refractivity contribution in [3.8, 4) is 0 Å². The van der Waals surface area contributed by atoms with Crippen LogP contribution in [0.2, 0.25) is 0 Å². The number of aliphatic hydroxyl groups is 1. The van der Waals surface area contributed by atoms with Gasteiger partial charge in [-0.2, -0.15) is 0 Å². The van der Waals surface area contributed by atoms with Gasteiger partial charge in [-0.15, -0.1) is 0 Å². The summed E-state index contributed by atoms with van der Waals surface area (Å²) in [4.78, 5) is 14.5. The molecule has 0 aliphatic carbocycles. The molecule has 1 atom stereocenters. The summed E-state index contributed by atoms with van der Waals surface area (Å²) < 4.78 is 0. The Morgan fingerprint density at radius 1 is 1.13 bits per heavy atom. The van der Waals surface area contributed by atoms with Crippen molar-refractivity contribution >= 4 is 17.3 Å². The van der Waals surface area contributed by atoms with Gasteiger partial charge >= 0.3 is 0 Å². The van der Waals surface area contributed by atoms with Gasteiger partial charge in [0.1, 0.15) is 0 Å². The first-order chi connectivity index (χ1) is 11.1. The molecule has 2 aromatic carbocycles. The zero-order valence-electron chi connectivity index (χ0n) is 12.8. The van der Waals surface area contributed by atoms with Gasteiger partial charge in [0.05, 0.1) is 17.9 Å². The Labute approximate surface area is 134 Å². The van der Waals surface area contributed by atoms with Crippen molar-refractivity contribution in [2.24, 2.45) is 5.16 Å². The molecular formula is C18H18N2O3. The van der Waals surface area contributed by atoms with Gasteiger partial charge in [-0.3, -0.25) is 4.79 Å². The summed E-state index contributed by atoms with van der Waals surface area (Å²) >= 11 is 0. The molecule has 1 heterocycles. The van der Waals surface area contributed by atoms with Gasteiger partial charge in [0, 0.05) is 12.0 Å². The first-order valence-corrected chi connectivity index (χ1v) is 7.41. The van der Waals surface area contributed by atoms with Crippen LogP contribution in [-0.2, 0) is 16.9 Å². The molecule has 0 aromatic heterocycles. The number of nitrogens with zero attached hydrogens (tertiary/aromatic N) is 2. The van der Waals surface area contributed by atoms with E-state index in [0.29, 0.717) is 23.5 Å². The molecule has 118 valence electrons. The molecule has 0 unspecified atom stereocenters. The van der Waals surface area contributed by atoms with Crippen LogP contribution >= 0.6 is 0 Å². The zero-order chi connectivity index (χ0) is 16.4. The molecule has 0 bridgehead atoms. The Morgan fingerprint density at radius 2 is 1.78 bits per heavy atom. The van der Waals surface area contributed by atoms with E-state index in [1.165, 1.54) is 0 Å². The highest BCUT2D eigenvalue weighted by atomic mass is 16.4. The molecule has 0 saturated heterocycles. The summed E-state index contributed by atoms with van der Waals surface area (Å²) in [7, 11) is 0. The standard InChI is InChI=1S/C18H18N2O3/c1-13(19-23)11-18(22)15-9-5-6-10-16(15)20(17(18)21)12-14-7-3-2-4-8-14/h2-10,22-23H,11-12H2,1H3/b19-13+/t18-/m1/s1. The van der Waals surface area contributed by atoms with Crippen LogP contribution in [0.5, 0.6) is 0 Å². The number of rotatable bonds is 4. The number of amides is 1. The van der Waals surface area contributed by atoms with Crippen LogP contribution in [0.4, 0.5) is 5.69 Å². The first kappa shape index (κ1) is 15.2. The van der Waals surface area contributed by atoms with Gasteiger partial charge in [0.25, 0.3) is 5.91 Å². The summed E-state index contributed by atoms with van der Waals surface area (Å²) in [5.74, 6) is -0.398. The van der Waals surface area contributed by atoms with Crippen LogP contribution in [0.1, 0.15) is 24.5 Å². The smallest absolute Gasteiger partial charge is 0.264 e. The van der Waals surface area contributed by atoms with E-state index in [0.717, 1.165) is 5.56 Å². The largest absolute Gasteiger partial charge is 0.411 e. The van der Waals surface area contributed by atoms with Crippen molar-refractivity contribution < 1.29 is 15.1 Å². The maximum atomic E-state index is 12.9. The zero-order valence-corrected chi connectivity index (χ0v) is 12.8. The van der Waals surface area contributed by atoms with E-state index in [2.05, 4.69) is 5.16 Å². The predicted molar refractivity (Wildman–Crippen MR) is 87.5 cm³/mol. The highest BCUT2D eigenvalue weighted by molar-refractivity contribution is 6.09. The second-order valence-electron chi connectivity index (χ2n) is 5.77. The fourth-order valence-electron chi connectivity index (χ4n) is 3.01. The number of carbonyl (C=O) groups excluding carboxylic acids is 1. The van der Waals surface area contributed by atoms with E-state index in [9.17, 15) is 9.90 Å². The van der Waals surface area contributed by atoms with E-state index in [4.69, 9.17) is 5.21 Å². The van der Waals surface area contributed by atoms with Crippen LogP contribution in [0.3, 0.4) is 0 Å². The third-order valence-electron chi connectivity index (χ3n) is 4.11. The van der Waals surface area contributed by atoms with Crippen molar-refractivity contribution in [2.75, 3.05) is 4.90 Å². The van der Waals surface area contributed by atoms with Crippen LogP contribution in [0.15, 0.2) is 59.8 Å². The maximum absolute atomic E-state index is 12.9. The van der Waals surface area contributed by atoms with Gasteiger partial charge in [-0.05, 0) is 18.6 Å². The number of fused-ring (bicyclic) bond motifs is 1. The number of anilines is 1. The molecule has 3 rings (SSSR count). The summed E-state index contributed by atoms with van der Waals surface area (Å²) in [5, 5.41) is 23.0. The first-order valence-electron chi connectivity index (χ1n) is 7.41. The second-order valence-corrected chi connectivity index (χ2v) is 5.77. The Kier molecular flexibility index (Phi) is 3.88. The molecule has 2 aromatic rings. The van der Waals surface area contributed by atoms with Crippen molar-refractivity contribution in [1.82, 2.24) is 0 Å². The average Bonchev–Trinajstić information content (AvgIpc) is 2.78. The molecular weight excluding hydrogens is 292 g/mol. The molecule has 5 nitrogen and oxygen atoms in total. The van der Waals surface area contributed by atoms with Crippen molar-refractivity contribution in [2.45, 2.75) is 25.5 Å². The SMILES string of the molecule is C/C(C[C@]1(O)C(=O)N(Cc2ccccc2)c2ccccc21)=N\O. The predicted octanol–water partition coefficient (Wildman–Crippen LogP) is 2.66. The highest BCUT2D eigenvalue weighted by Gasteiger charge is 2.49. The molecule has 0 fully saturated rings. The monoisotopic (exact) mass is 310 g/mol. The third kappa shape index (κ3) is 2.59. The number of para-hydroxylation sites is 1. The lowest BCUT2D eigenvalue weighted by molar-refractivity contribution is -0.135. The van der Waals surface area contributed by atoms with Gasteiger partial charge in [0.15, 0.2) is 5.60 Å². The molecule has 2 N–H and O–H groups in total. The lowest BCUT2D eigenvalue weighted by atomic mass is 9.90. The molecule has 1 aliphatic heterocycles. The van der Waals surface area contributed by atoms with Gasteiger partial charge < -0.3 is 15.2 Å². The fraction of sp³-hybridized carbons (Fsp3) is 0.222. The molecule has 0 radical (unpaired) electrons. The number of oxime groups is 1. The Bertz CT molecular complexity index is 758. The molecule has 1 aliphatic rings. The molecule has 23 heavy (non-hydrogen) atoms. The quantitative estimate of drug-likeness (QED) is 0.518. The minimum absolute atomic E-state index is 0.0371. The van der Waals surface area contributed by atoms with Crippen LogP contribution in [0.25, 0.3) is 0 Å². The van der Waals surface area contributed by atoms with Crippen molar-refractivity contribution in [3.05, 3.63) is 65.7 Å². The number of hydrogen-bond donors (Lipinski definition) is 2. The van der Waals surface area contributed by atoms with E-state index in [1.54, 1.807) is 24.0 Å². The van der Waals surface area contributed by atoms with Crippen LogP contribution < -0.4 is 4.90 Å². The summed E-state index contributed by atoms with van der Waals surface area (Å²) in [6.45, 7) is 1.96. The topological polar surface area (TPSA) is 73.1 Å². The molecule has 5 heteroatoms. The average molecular weight is 310 g/mol. The third-order valence-corrected chi connectivity index (χ3v) is 4.11. The summed E-state index contributed by atoms with van der Waals surface area (Å²) in [6, 6.07) is 16.8. The minimum Gasteiger partial charge on any atom is -0.411 e. The van der Waals surface area contributed by atoms with Crippen molar-refractivity contribution in [1.29, 1.82) is 0 Å². The van der Waals surface area contributed by atoms with Crippen LogP contribution in [-0.4, -0.2) is 21.9 Å². The number of benzene rings is 2. The molecule has 0 saturated carbocycles. The minimum atomic E-state index is -1.69. The van der Waals surface area contributed by atoms with Gasteiger partial charge in [0.2, 0.25) is 0 Å². The normalized spacial score (nSPS) is 20.7. The van der Waals surface area contributed by atoms with E-state index in [1.807, 2.05) is 42.5 Å². The summed E-state index contributed by atoms with van der Waals surface area (Å²) in [6.07, 6.45) is -0.0371. The van der Waals surface area contributed by atoms with E-state index >= 15 is 0 Å². The Morgan fingerprint density at radius 3 is 2.48 bits per heavy atom. The fourth-order valence-corrected chi connectivity index (χ4v) is 3.01. The maximum Gasteiger partial charge on any atom is 0.264 e. The number of carbonyl (C=O) groups is 1. The van der Waals surface area contributed by atoms with Crippen LogP contribution in [0, 0.1) is 0 Å². The lowest BCUT2D eigenvalue weighted by Crippen LogP contribution is -2.41. The lowest BCUT2D eigenvalue weighted by Gasteiger charge is -2.23. The number of hydrogen-bond acceptors (Lipinski definition) is 4.